The molecule has 0 aliphatic carbocycles. The van der Waals surface area contributed by atoms with E-state index in [0.717, 1.165) is 0 Å². The molecule has 0 aliphatic heterocycles. The number of nitrogens with two attached hydrogens (primary N) is 1. The van der Waals surface area contributed by atoms with E-state index in [0.29, 0.717) is 0 Å². The molecule has 1 rings (SSSR count). The molecule has 3 N–H and O–H groups in total. The lowest BCUT2D eigenvalue weighted by Crippen LogP contribution is -2.03. The Bertz CT molecular complexity index is 394. The van der Waals surface area contributed by atoms with Crippen LogP contribution in [0.15, 0.2) is 18.2 Å². The lowest BCUT2D eigenvalue weighted by atomic mass is 10.2. The van der Waals surface area contributed by atoms with Gasteiger partial charge in [0.05, 0.1) is 4.92 Å². The first-order chi connectivity index (χ1) is 6.52. The van der Waals surface area contributed by atoms with Gasteiger partial charge >= 0.3 is 11.4 Å². The summed E-state index contributed by atoms with van der Waals surface area (Å²) in [4.78, 5) is 9.69. The molecule has 76 valence electrons. The summed E-state index contributed by atoms with van der Waals surface area (Å²) in [7, 11) is 0. The summed E-state index contributed by atoms with van der Waals surface area (Å²) in [5, 5.41) is 10.4. The summed E-state index contributed by atoms with van der Waals surface area (Å²) in [6, 6.07) is 3.73. The largest absolute Gasteiger partial charge is 0.390 e. The highest BCUT2D eigenvalue weighted by molar-refractivity contribution is 7.74. The highest BCUT2D eigenvalue weighted by Gasteiger charge is 2.16. The molecule has 8 heteroatoms. The molecule has 14 heavy (non-hydrogen) atoms. The minimum absolute atomic E-state index is 0.194. The summed E-state index contributed by atoms with van der Waals surface area (Å²) in [5.41, 5.74) is 4.67. The van der Waals surface area contributed by atoms with Crippen molar-refractivity contribution in [1.29, 1.82) is 0 Å². The molecule has 1 aromatic carbocycles. The van der Waals surface area contributed by atoms with Gasteiger partial charge in [-0.2, -0.15) is 4.21 Å². The second kappa shape index (κ2) is 4.03. The number of nitro benzene ring substituents is 1. The predicted octanol–water partition coefficient (Wildman–Crippen LogP) is 0.692. The topological polar surface area (TPSA) is 116 Å². The molecule has 0 aromatic heterocycles. The molecule has 0 saturated carbocycles. The summed E-state index contributed by atoms with van der Waals surface area (Å²) in [5.74, 6) is -0.194. The number of anilines is 1. The van der Waals surface area contributed by atoms with Crippen molar-refractivity contribution in [3.8, 4) is 5.75 Å². The van der Waals surface area contributed by atoms with Crippen molar-refractivity contribution < 1.29 is 17.9 Å². The third-order valence-corrected chi connectivity index (χ3v) is 1.72. The maximum atomic E-state index is 10.4. The Balaban J connectivity index is 3.13. The molecule has 0 bridgehead atoms. The Labute approximate surface area is 81.1 Å². The van der Waals surface area contributed by atoms with Gasteiger partial charge in [0.2, 0.25) is 0 Å². The van der Waals surface area contributed by atoms with Crippen LogP contribution < -0.4 is 9.92 Å². The molecule has 0 radical (unpaired) electrons. The van der Waals surface area contributed by atoms with E-state index in [9.17, 15) is 14.3 Å². The van der Waals surface area contributed by atoms with E-state index in [1.54, 1.807) is 0 Å². The Morgan fingerprint density at radius 1 is 1.57 bits per heavy atom. The van der Waals surface area contributed by atoms with Crippen LogP contribution in [0.25, 0.3) is 0 Å². The Morgan fingerprint density at radius 3 is 2.71 bits per heavy atom. The minimum Gasteiger partial charge on any atom is -0.390 e. The van der Waals surface area contributed by atoms with Gasteiger partial charge in [0, 0.05) is 6.07 Å². The predicted molar refractivity (Wildman–Crippen MR) is 48.9 cm³/mol. The number of hydrogen-bond acceptors (Lipinski definition) is 5. The Kier molecular flexibility index (Phi) is 2.99. The van der Waals surface area contributed by atoms with E-state index in [-0.39, 0.29) is 17.1 Å². The Hall–Kier alpha value is -1.67. The van der Waals surface area contributed by atoms with Crippen LogP contribution in [0.3, 0.4) is 0 Å². The van der Waals surface area contributed by atoms with Crippen molar-refractivity contribution in [2.75, 3.05) is 5.73 Å². The molecule has 0 aliphatic rings. The summed E-state index contributed by atoms with van der Waals surface area (Å²) in [6.45, 7) is 0. The second-order valence-electron chi connectivity index (χ2n) is 2.25. The van der Waals surface area contributed by atoms with Crippen LogP contribution in [-0.2, 0) is 11.4 Å². The van der Waals surface area contributed by atoms with Gasteiger partial charge in [-0.1, -0.05) is 6.07 Å². The van der Waals surface area contributed by atoms with E-state index >= 15 is 0 Å². The third-order valence-electron chi connectivity index (χ3n) is 1.40. The van der Waals surface area contributed by atoms with Crippen molar-refractivity contribution in [2.24, 2.45) is 0 Å². The van der Waals surface area contributed by atoms with E-state index in [4.69, 9.17) is 10.3 Å². The lowest BCUT2D eigenvalue weighted by Gasteiger charge is -2.03. The molecular weight excluding hydrogens is 212 g/mol. The molecule has 0 spiro atoms. The number of nitrogens with zero attached hydrogens (tertiary/aromatic N) is 1. The van der Waals surface area contributed by atoms with Gasteiger partial charge in [-0.15, -0.1) is 0 Å². The van der Waals surface area contributed by atoms with Crippen LogP contribution in [0.4, 0.5) is 11.4 Å². The van der Waals surface area contributed by atoms with Crippen LogP contribution >= 0.6 is 0 Å². The molecule has 7 nitrogen and oxygen atoms in total. The van der Waals surface area contributed by atoms with E-state index in [1.165, 1.54) is 18.2 Å². The molecule has 1 unspecified atom stereocenters. The van der Waals surface area contributed by atoms with Crippen molar-refractivity contribution >= 4 is 22.7 Å². The molecule has 0 heterocycles. The van der Waals surface area contributed by atoms with E-state index in [2.05, 4.69) is 4.18 Å². The normalized spacial score (nSPS) is 12.1. The second-order valence-corrected chi connectivity index (χ2v) is 2.85. The van der Waals surface area contributed by atoms with Gasteiger partial charge in [0.1, 0.15) is 0 Å². The van der Waals surface area contributed by atoms with Crippen LogP contribution in [0.5, 0.6) is 5.75 Å². The first-order valence-corrected chi connectivity index (χ1v) is 4.37. The summed E-state index contributed by atoms with van der Waals surface area (Å²) < 4.78 is 23.0. The van der Waals surface area contributed by atoms with Crippen LogP contribution in [0.1, 0.15) is 0 Å². The van der Waals surface area contributed by atoms with Gasteiger partial charge in [-0.05, 0) is 6.07 Å². The molecule has 0 saturated heterocycles. The average Bonchev–Trinajstić information content (AvgIpc) is 2.07. The number of hydrogen-bond donors (Lipinski definition) is 2. The smallest absolute Gasteiger partial charge is 0.357 e. The maximum Gasteiger partial charge on any atom is 0.357 e. The monoisotopic (exact) mass is 218 g/mol. The van der Waals surface area contributed by atoms with Crippen LogP contribution in [-0.4, -0.2) is 13.7 Å². The van der Waals surface area contributed by atoms with E-state index in [1.807, 2.05) is 0 Å². The summed E-state index contributed by atoms with van der Waals surface area (Å²) >= 11 is -2.55. The fourth-order valence-corrected chi connectivity index (χ4v) is 1.14. The number of nitro groups is 1. The third kappa shape index (κ3) is 2.18. The zero-order valence-corrected chi connectivity index (χ0v) is 7.56. The summed E-state index contributed by atoms with van der Waals surface area (Å²) in [6.07, 6.45) is 0. The quantitative estimate of drug-likeness (QED) is 0.333. The highest BCUT2D eigenvalue weighted by atomic mass is 32.2. The standard InChI is InChI=1S/C6H6N2O5S/c7-6-4(8(9)10)2-1-3-5(6)13-14(11)12/h1-3H,7H2,(H,11,12). The van der Waals surface area contributed by atoms with E-state index < -0.39 is 16.3 Å². The van der Waals surface area contributed by atoms with Crippen molar-refractivity contribution in [1.82, 2.24) is 0 Å². The van der Waals surface area contributed by atoms with Crippen molar-refractivity contribution in [3.05, 3.63) is 28.3 Å². The Morgan fingerprint density at radius 2 is 2.21 bits per heavy atom. The maximum absolute atomic E-state index is 10.4. The van der Waals surface area contributed by atoms with Crippen LogP contribution in [0, 0.1) is 10.1 Å². The first kappa shape index (κ1) is 10.4. The molecular formula is C6H6N2O5S. The van der Waals surface area contributed by atoms with Gasteiger partial charge in [-0.3, -0.25) is 14.7 Å². The molecule has 0 fully saturated rings. The minimum atomic E-state index is -2.55. The van der Waals surface area contributed by atoms with Gasteiger partial charge in [0.25, 0.3) is 5.69 Å². The average molecular weight is 218 g/mol. The van der Waals surface area contributed by atoms with Crippen molar-refractivity contribution in [2.45, 2.75) is 0 Å². The molecule has 1 atom stereocenters. The van der Waals surface area contributed by atoms with Gasteiger partial charge in [0.15, 0.2) is 11.4 Å². The fraction of sp³-hybridized carbons (Fsp3) is 0. The molecule has 0 amide bonds. The number of para-hydroxylation sites is 1. The number of rotatable bonds is 3. The zero-order chi connectivity index (χ0) is 10.7. The van der Waals surface area contributed by atoms with Gasteiger partial charge < -0.3 is 9.92 Å². The van der Waals surface area contributed by atoms with Crippen LogP contribution in [0.2, 0.25) is 0 Å². The highest BCUT2D eigenvalue weighted by Crippen LogP contribution is 2.30. The molecule has 1 aromatic rings. The SMILES string of the molecule is Nc1c(OS(=O)O)cccc1[N+](=O)[O-]. The fourth-order valence-electron chi connectivity index (χ4n) is 0.841. The number of nitrogen functional groups attached to an aromatic ring is 1. The first-order valence-electron chi connectivity index (χ1n) is 3.34. The number of benzene rings is 1. The van der Waals surface area contributed by atoms with Crippen molar-refractivity contribution in [3.63, 3.8) is 0 Å². The van der Waals surface area contributed by atoms with Gasteiger partial charge in [-0.25, -0.2) is 0 Å². The zero-order valence-electron chi connectivity index (χ0n) is 6.75. The lowest BCUT2D eigenvalue weighted by molar-refractivity contribution is -0.383.